The smallest absolute Gasteiger partial charge is 0.335 e. The number of fused-ring (bicyclic) bond motifs is 1. The van der Waals surface area contributed by atoms with Crippen molar-refractivity contribution in [2.24, 2.45) is 7.05 Å². The summed E-state index contributed by atoms with van der Waals surface area (Å²) in [5.41, 5.74) is 4.22. The Kier molecular flexibility index (Phi) is 5.51. The second-order valence-electron chi connectivity index (χ2n) is 7.76. The van der Waals surface area contributed by atoms with Crippen LogP contribution in [0.5, 0.6) is 0 Å². The molecule has 1 aromatic carbocycles. The number of rotatable bonds is 4. The molecule has 0 aliphatic carbocycles. The van der Waals surface area contributed by atoms with Gasteiger partial charge in [0.2, 0.25) is 0 Å². The molecule has 30 heavy (non-hydrogen) atoms. The fourth-order valence-corrected chi connectivity index (χ4v) is 4.74. The third kappa shape index (κ3) is 3.56. The zero-order valence-corrected chi connectivity index (χ0v) is 18.7. The Morgan fingerprint density at radius 1 is 1.33 bits per heavy atom. The molecule has 1 atom stereocenters. The molecule has 0 radical (unpaired) electrons. The lowest BCUT2D eigenvalue weighted by molar-refractivity contribution is 0.0696. The minimum Gasteiger partial charge on any atom is -0.478 e. The van der Waals surface area contributed by atoms with Gasteiger partial charge >= 0.3 is 5.97 Å². The third-order valence-electron chi connectivity index (χ3n) is 5.98. The normalized spacial score (nSPS) is 16.0. The van der Waals surface area contributed by atoms with E-state index in [0.29, 0.717) is 24.1 Å². The number of aryl methyl sites for hydroxylation is 2. The molecule has 0 amide bonds. The number of hydrogen-bond acceptors (Lipinski definition) is 3. The minimum atomic E-state index is -1.11. The van der Waals surface area contributed by atoms with Crippen LogP contribution in [-0.2, 0) is 7.05 Å². The second-order valence-corrected chi connectivity index (χ2v) is 8.62. The van der Waals surface area contributed by atoms with E-state index >= 15 is 0 Å². The number of pyridine rings is 1. The zero-order valence-electron chi connectivity index (χ0n) is 17.1. The third-order valence-corrected chi connectivity index (χ3v) is 6.68. The Bertz CT molecular complexity index is 1160. The van der Waals surface area contributed by atoms with E-state index in [1.54, 1.807) is 13.1 Å². The molecule has 7 heteroatoms. The highest BCUT2D eigenvalue weighted by Crippen LogP contribution is 2.34. The van der Waals surface area contributed by atoms with Crippen LogP contribution in [-0.4, -0.2) is 38.6 Å². The van der Waals surface area contributed by atoms with Crippen LogP contribution in [0.4, 0.5) is 4.39 Å². The highest BCUT2D eigenvalue weighted by Gasteiger charge is 2.24. The average molecular weight is 472 g/mol. The van der Waals surface area contributed by atoms with Gasteiger partial charge in [-0.2, -0.15) is 0 Å². The summed E-state index contributed by atoms with van der Waals surface area (Å²) in [4.78, 5) is 18.0. The van der Waals surface area contributed by atoms with Crippen molar-refractivity contribution < 1.29 is 14.3 Å². The molecule has 1 aliphatic heterocycles. The first kappa shape index (κ1) is 20.8. The van der Waals surface area contributed by atoms with Crippen LogP contribution in [0.15, 0.2) is 41.0 Å². The number of nitrogens with zero attached hydrogens (tertiary/aromatic N) is 3. The van der Waals surface area contributed by atoms with Crippen LogP contribution in [0.1, 0.15) is 46.6 Å². The molecule has 3 aromatic rings. The highest BCUT2D eigenvalue weighted by molar-refractivity contribution is 9.10. The minimum absolute atomic E-state index is 0.0176. The summed E-state index contributed by atoms with van der Waals surface area (Å²) in [6, 6.07) is 6.94. The van der Waals surface area contributed by atoms with E-state index in [2.05, 4.69) is 49.4 Å². The molecule has 1 aliphatic rings. The molecule has 1 N–H and O–H groups in total. The first-order valence-electron chi connectivity index (χ1n) is 9.84. The van der Waals surface area contributed by atoms with Gasteiger partial charge in [-0.3, -0.25) is 4.90 Å². The van der Waals surface area contributed by atoms with Crippen LogP contribution in [0, 0.1) is 12.7 Å². The van der Waals surface area contributed by atoms with Crippen molar-refractivity contribution in [2.75, 3.05) is 13.1 Å². The number of carbonyl (C=O) groups is 1. The van der Waals surface area contributed by atoms with Gasteiger partial charge in [0.25, 0.3) is 0 Å². The number of hydrogen-bond donors (Lipinski definition) is 1. The lowest BCUT2D eigenvalue weighted by atomic mass is 9.93. The van der Waals surface area contributed by atoms with Gasteiger partial charge in [-0.25, -0.2) is 14.2 Å². The number of carboxylic acids is 1. The van der Waals surface area contributed by atoms with Crippen molar-refractivity contribution in [1.29, 1.82) is 0 Å². The standard InChI is InChI=1S/C23H23BrFN3O2/c1-13-10-16(23(29)30)11-19(25)21(13)15-5-8-28(9-6-15)14(2)20-12-17-18(24)4-7-26-22(17)27(20)3/h4-5,7,10-12,14H,6,8-9H2,1-3H3,(H,29,30)/t14-/m0/s1. The summed E-state index contributed by atoms with van der Waals surface area (Å²) in [6.07, 6.45) is 4.56. The van der Waals surface area contributed by atoms with E-state index in [1.807, 2.05) is 13.1 Å². The van der Waals surface area contributed by atoms with Crippen LogP contribution in [0.3, 0.4) is 0 Å². The predicted molar refractivity (Wildman–Crippen MR) is 119 cm³/mol. The van der Waals surface area contributed by atoms with Gasteiger partial charge in [-0.1, -0.05) is 6.08 Å². The monoisotopic (exact) mass is 471 g/mol. The van der Waals surface area contributed by atoms with Gasteiger partial charge in [-0.15, -0.1) is 0 Å². The number of carboxylic acid groups (broad SMARTS) is 1. The number of benzene rings is 1. The Labute approximate surface area is 183 Å². The molecule has 4 rings (SSSR count). The molecule has 2 aromatic heterocycles. The van der Waals surface area contributed by atoms with Crippen LogP contribution < -0.4 is 0 Å². The lowest BCUT2D eigenvalue weighted by Crippen LogP contribution is -2.32. The van der Waals surface area contributed by atoms with E-state index in [1.165, 1.54) is 11.8 Å². The fourth-order valence-electron chi connectivity index (χ4n) is 4.33. The van der Waals surface area contributed by atoms with Crippen LogP contribution >= 0.6 is 15.9 Å². The highest BCUT2D eigenvalue weighted by atomic mass is 79.9. The molecule has 0 fully saturated rings. The quantitative estimate of drug-likeness (QED) is 0.558. The van der Waals surface area contributed by atoms with Gasteiger partial charge in [0.15, 0.2) is 0 Å². The summed E-state index contributed by atoms with van der Waals surface area (Å²) in [5, 5.41) is 10.2. The summed E-state index contributed by atoms with van der Waals surface area (Å²) >= 11 is 3.60. The first-order chi connectivity index (χ1) is 14.3. The number of aromatic carboxylic acids is 1. The molecular formula is C23H23BrFN3O2. The SMILES string of the molecule is Cc1cc(C(=O)O)cc(F)c1C1=CCN([C@@H](C)c2cc3c(Br)ccnc3n2C)CC1. The Morgan fingerprint density at radius 3 is 2.70 bits per heavy atom. The largest absolute Gasteiger partial charge is 0.478 e. The van der Waals surface area contributed by atoms with Gasteiger partial charge < -0.3 is 9.67 Å². The van der Waals surface area contributed by atoms with E-state index in [4.69, 9.17) is 5.11 Å². The Morgan fingerprint density at radius 2 is 2.10 bits per heavy atom. The zero-order chi connectivity index (χ0) is 21.6. The molecule has 3 heterocycles. The molecule has 156 valence electrons. The maximum absolute atomic E-state index is 14.7. The van der Waals surface area contributed by atoms with Crippen molar-refractivity contribution in [3.05, 3.63) is 69.2 Å². The van der Waals surface area contributed by atoms with Crippen molar-refractivity contribution in [1.82, 2.24) is 14.5 Å². The van der Waals surface area contributed by atoms with Gasteiger partial charge in [0, 0.05) is 53.5 Å². The van der Waals surface area contributed by atoms with E-state index < -0.39 is 11.8 Å². The summed E-state index contributed by atoms with van der Waals surface area (Å²) < 4.78 is 17.8. The Balaban J connectivity index is 1.59. The topological polar surface area (TPSA) is 58.4 Å². The van der Waals surface area contributed by atoms with Gasteiger partial charge in [-0.05, 0) is 71.6 Å². The second kappa shape index (κ2) is 7.96. The molecule has 5 nitrogen and oxygen atoms in total. The Hall–Kier alpha value is -2.51. The molecule has 0 spiro atoms. The summed E-state index contributed by atoms with van der Waals surface area (Å²) in [6.45, 7) is 5.43. The number of halogens is 2. The first-order valence-corrected chi connectivity index (χ1v) is 10.6. The summed E-state index contributed by atoms with van der Waals surface area (Å²) in [7, 11) is 2.03. The van der Waals surface area contributed by atoms with Gasteiger partial charge in [0.05, 0.1) is 5.56 Å². The van der Waals surface area contributed by atoms with Crippen molar-refractivity contribution in [3.8, 4) is 0 Å². The molecule has 0 saturated heterocycles. The van der Waals surface area contributed by atoms with Crippen LogP contribution in [0.25, 0.3) is 16.6 Å². The van der Waals surface area contributed by atoms with E-state index in [9.17, 15) is 9.18 Å². The molecular weight excluding hydrogens is 449 g/mol. The van der Waals surface area contributed by atoms with Crippen molar-refractivity contribution in [3.63, 3.8) is 0 Å². The molecule has 0 saturated carbocycles. The fraction of sp³-hybridized carbons (Fsp3) is 0.304. The maximum atomic E-state index is 14.7. The maximum Gasteiger partial charge on any atom is 0.335 e. The van der Waals surface area contributed by atoms with Crippen LogP contribution in [0.2, 0.25) is 0 Å². The number of aromatic nitrogens is 2. The predicted octanol–water partition coefficient (Wildman–Crippen LogP) is 5.33. The van der Waals surface area contributed by atoms with Crippen molar-refractivity contribution in [2.45, 2.75) is 26.3 Å². The van der Waals surface area contributed by atoms with Gasteiger partial charge in [0.1, 0.15) is 11.5 Å². The average Bonchev–Trinajstić information content (AvgIpc) is 3.05. The summed E-state index contributed by atoms with van der Waals surface area (Å²) in [5.74, 6) is -1.58. The van der Waals surface area contributed by atoms with Crippen molar-refractivity contribution >= 4 is 38.5 Å². The lowest BCUT2D eigenvalue weighted by Gasteiger charge is -2.32. The van der Waals surface area contributed by atoms with E-state index in [0.717, 1.165) is 33.7 Å². The molecule has 0 unspecified atom stereocenters. The van der Waals surface area contributed by atoms with E-state index in [-0.39, 0.29) is 11.6 Å². The molecule has 0 bridgehead atoms.